The number of rotatable bonds is 5. The quantitative estimate of drug-likeness (QED) is 0.528. The SMILES string of the molecule is C#CC(C)(CCC)CCCC. The van der Waals surface area contributed by atoms with E-state index >= 15 is 0 Å². The van der Waals surface area contributed by atoms with Crippen molar-refractivity contribution in [2.75, 3.05) is 0 Å². The molecule has 64 valence electrons. The van der Waals surface area contributed by atoms with Crippen LogP contribution in [0.15, 0.2) is 0 Å². The highest BCUT2D eigenvalue weighted by Crippen LogP contribution is 2.28. The molecule has 0 aromatic heterocycles. The summed E-state index contributed by atoms with van der Waals surface area (Å²) in [4.78, 5) is 0. The van der Waals surface area contributed by atoms with Gasteiger partial charge < -0.3 is 0 Å². The molecule has 0 saturated carbocycles. The van der Waals surface area contributed by atoms with E-state index in [1.54, 1.807) is 0 Å². The normalized spacial score (nSPS) is 15.5. The lowest BCUT2D eigenvalue weighted by Crippen LogP contribution is -2.12. The zero-order valence-corrected chi connectivity index (χ0v) is 8.11. The van der Waals surface area contributed by atoms with Crippen LogP contribution in [0.4, 0.5) is 0 Å². The van der Waals surface area contributed by atoms with Crippen molar-refractivity contribution in [1.82, 2.24) is 0 Å². The number of terminal acetylenes is 1. The van der Waals surface area contributed by atoms with Crippen LogP contribution in [0.2, 0.25) is 0 Å². The summed E-state index contributed by atoms with van der Waals surface area (Å²) in [5.74, 6) is 2.91. The molecule has 0 bridgehead atoms. The Hall–Kier alpha value is -0.440. The van der Waals surface area contributed by atoms with E-state index in [0.29, 0.717) is 0 Å². The third-order valence-electron chi connectivity index (χ3n) is 2.23. The molecule has 0 aliphatic rings. The van der Waals surface area contributed by atoms with Crippen LogP contribution < -0.4 is 0 Å². The van der Waals surface area contributed by atoms with Gasteiger partial charge in [0.15, 0.2) is 0 Å². The Morgan fingerprint density at radius 1 is 1.18 bits per heavy atom. The fourth-order valence-electron chi connectivity index (χ4n) is 1.39. The maximum atomic E-state index is 5.48. The van der Waals surface area contributed by atoms with Gasteiger partial charge in [-0.05, 0) is 19.8 Å². The van der Waals surface area contributed by atoms with E-state index in [2.05, 4.69) is 26.7 Å². The Morgan fingerprint density at radius 2 is 1.82 bits per heavy atom. The van der Waals surface area contributed by atoms with Crippen molar-refractivity contribution in [3.8, 4) is 12.3 Å². The van der Waals surface area contributed by atoms with Gasteiger partial charge in [-0.15, -0.1) is 12.3 Å². The van der Waals surface area contributed by atoms with Gasteiger partial charge in [-0.2, -0.15) is 0 Å². The van der Waals surface area contributed by atoms with Gasteiger partial charge >= 0.3 is 0 Å². The van der Waals surface area contributed by atoms with E-state index in [-0.39, 0.29) is 5.41 Å². The van der Waals surface area contributed by atoms with Crippen LogP contribution in [-0.2, 0) is 0 Å². The van der Waals surface area contributed by atoms with Crippen LogP contribution >= 0.6 is 0 Å². The highest BCUT2D eigenvalue weighted by atomic mass is 14.2. The lowest BCUT2D eigenvalue weighted by molar-refractivity contribution is 0.361. The summed E-state index contributed by atoms with van der Waals surface area (Å²) < 4.78 is 0. The molecule has 0 rings (SSSR count). The fourth-order valence-corrected chi connectivity index (χ4v) is 1.39. The standard InChI is InChI=1S/C11H20/c1-5-8-10-11(4,7-3)9-6-2/h3H,5-6,8-10H2,1-2,4H3. The molecule has 0 nitrogen and oxygen atoms in total. The molecule has 0 heteroatoms. The minimum Gasteiger partial charge on any atom is -0.120 e. The summed E-state index contributed by atoms with van der Waals surface area (Å²) in [6, 6.07) is 0. The van der Waals surface area contributed by atoms with Crippen LogP contribution in [0.25, 0.3) is 0 Å². The van der Waals surface area contributed by atoms with E-state index in [1.165, 1.54) is 32.1 Å². The third kappa shape index (κ3) is 4.09. The van der Waals surface area contributed by atoms with Crippen LogP contribution in [0.1, 0.15) is 52.9 Å². The summed E-state index contributed by atoms with van der Waals surface area (Å²) in [7, 11) is 0. The van der Waals surface area contributed by atoms with Gasteiger partial charge in [0.1, 0.15) is 0 Å². The Bertz CT molecular complexity index is 129. The second-order valence-electron chi connectivity index (χ2n) is 3.56. The van der Waals surface area contributed by atoms with Crippen LogP contribution in [0.5, 0.6) is 0 Å². The van der Waals surface area contributed by atoms with Gasteiger partial charge in [0.25, 0.3) is 0 Å². The second kappa shape index (κ2) is 5.24. The summed E-state index contributed by atoms with van der Waals surface area (Å²) >= 11 is 0. The summed E-state index contributed by atoms with van der Waals surface area (Å²) in [5.41, 5.74) is 0.171. The molecule has 0 spiro atoms. The van der Waals surface area contributed by atoms with E-state index in [9.17, 15) is 0 Å². The molecule has 0 amide bonds. The van der Waals surface area contributed by atoms with Gasteiger partial charge in [0, 0.05) is 5.41 Å². The maximum absolute atomic E-state index is 5.48. The van der Waals surface area contributed by atoms with Crippen LogP contribution in [0, 0.1) is 17.8 Å². The third-order valence-corrected chi connectivity index (χ3v) is 2.23. The van der Waals surface area contributed by atoms with Crippen molar-refractivity contribution in [1.29, 1.82) is 0 Å². The van der Waals surface area contributed by atoms with Gasteiger partial charge in [0.2, 0.25) is 0 Å². The molecule has 11 heavy (non-hydrogen) atoms. The highest BCUT2D eigenvalue weighted by Gasteiger charge is 2.18. The minimum atomic E-state index is 0.171. The van der Waals surface area contributed by atoms with Crippen LogP contribution in [0.3, 0.4) is 0 Å². The topological polar surface area (TPSA) is 0 Å². The Balaban J connectivity index is 3.81. The second-order valence-corrected chi connectivity index (χ2v) is 3.56. The Morgan fingerprint density at radius 3 is 2.18 bits per heavy atom. The first kappa shape index (κ1) is 10.6. The summed E-state index contributed by atoms with van der Waals surface area (Å²) in [6.07, 6.45) is 11.6. The van der Waals surface area contributed by atoms with Gasteiger partial charge in [-0.3, -0.25) is 0 Å². The summed E-state index contributed by atoms with van der Waals surface area (Å²) in [5, 5.41) is 0. The van der Waals surface area contributed by atoms with Gasteiger partial charge in [0.05, 0.1) is 0 Å². The molecule has 0 radical (unpaired) electrons. The lowest BCUT2D eigenvalue weighted by Gasteiger charge is -2.22. The maximum Gasteiger partial charge on any atom is 0.0283 e. The average molecular weight is 152 g/mol. The molecule has 0 aromatic rings. The molecule has 0 fully saturated rings. The number of hydrogen-bond donors (Lipinski definition) is 0. The molecule has 0 N–H and O–H groups in total. The van der Waals surface area contributed by atoms with Crippen LogP contribution in [-0.4, -0.2) is 0 Å². The van der Waals surface area contributed by atoms with Crippen molar-refractivity contribution >= 4 is 0 Å². The average Bonchev–Trinajstić information content (AvgIpc) is 2.02. The monoisotopic (exact) mass is 152 g/mol. The molecule has 0 aromatic carbocycles. The van der Waals surface area contributed by atoms with Crippen molar-refractivity contribution < 1.29 is 0 Å². The molecule has 0 aliphatic heterocycles. The first-order valence-corrected chi connectivity index (χ1v) is 4.66. The Kier molecular flexibility index (Phi) is 5.03. The van der Waals surface area contributed by atoms with E-state index < -0.39 is 0 Å². The number of hydrogen-bond acceptors (Lipinski definition) is 0. The predicted molar refractivity (Wildman–Crippen MR) is 51.4 cm³/mol. The first-order valence-electron chi connectivity index (χ1n) is 4.66. The molecule has 0 saturated heterocycles. The zero-order valence-electron chi connectivity index (χ0n) is 8.11. The molecular weight excluding hydrogens is 132 g/mol. The van der Waals surface area contributed by atoms with Crippen molar-refractivity contribution in [2.24, 2.45) is 5.41 Å². The molecule has 0 heterocycles. The molecule has 1 atom stereocenters. The molecule has 1 unspecified atom stereocenters. The van der Waals surface area contributed by atoms with Crippen molar-refractivity contribution in [3.63, 3.8) is 0 Å². The Labute approximate surface area is 71.4 Å². The highest BCUT2D eigenvalue weighted by molar-refractivity contribution is 5.02. The smallest absolute Gasteiger partial charge is 0.0283 e. The lowest BCUT2D eigenvalue weighted by atomic mass is 9.82. The fraction of sp³-hybridized carbons (Fsp3) is 0.818. The summed E-state index contributed by atoms with van der Waals surface area (Å²) in [6.45, 7) is 6.61. The van der Waals surface area contributed by atoms with E-state index in [0.717, 1.165) is 0 Å². The largest absolute Gasteiger partial charge is 0.120 e. The molecular formula is C11H20. The van der Waals surface area contributed by atoms with Crippen molar-refractivity contribution in [3.05, 3.63) is 0 Å². The first-order chi connectivity index (χ1) is 5.18. The van der Waals surface area contributed by atoms with E-state index in [1.807, 2.05) is 0 Å². The predicted octanol–water partition coefficient (Wildman–Crippen LogP) is 3.62. The van der Waals surface area contributed by atoms with E-state index in [4.69, 9.17) is 6.42 Å². The zero-order chi connectivity index (χ0) is 8.74. The van der Waals surface area contributed by atoms with Gasteiger partial charge in [-0.1, -0.05) is 33.1 Å². The number of unbranched alkanes of at least 4 members (excludes halogenated alkanes) is 1. The molecule has 0 aliphatic carbocycles. The van der Waals surface area contributed by atoms with Crippen molar-refractivity contribution in [2.45, 2.75) is 52.9 Å². The van der Waals surface area contributed by atoms with Gasteiger partial charge in [-0.25, -0.2) is 0 Å². The minimum absolute atomic E-state index is 0.171.